The first-order valence-corrected chi connectivity index (χ1v) is 10.1. The molecule has 31 heavy (non-hydrogen) atoms. The van der Waals surface area contributed by atoms with Crippen molar-refractivity contribution in [1.82, 2.24) is 15.2 Å². The highest BCUT2D eigenvalue weighted by Gasteiger charge is 2.12. The number of ether oxygens (including phenoxy) is 2. The molecule has 9 nitrogen and oxygen atoms in total. The Morgan fingerprint density at radius 3 is 2.58 bits per heavy atom. The van der Waals surface area contributed by atoms with Gasteiger partial charge in [0.05, 0.1) is 37.3 Å². The number of hydrogen-bond donors (Lipinski definition) is 2. The first-order chi connectivity index (χ1) is 15.2. The fraction of sp³-hybridized carbons (Fsp3) is 0.273. The van der Waals surface area contributed by atoms with Gasteiger partial charge in [-0.2, -0.15) is 5.10 Å². The third-order valence-electron chi connectivity index (χ3n) is 4.72. The number of nitrogens with zero attached hydrogens (tertiary/aromatic N) is 4. The number of carbonyl (C=O) groups is 1. The standard InChI is InChI=1S/C22H24N6O3/c1-2-31-21-8-3-16(14-23-21)22(29)26-18-6-4-17(5-7-18)25-20-13-19(15-24-27-20)28-9-11-30-12-10-28/h3-8,13-15H,2,9-12H2,1H3,(H,25,27)(H,26,29). The lowest BCUT2D eigenvalue weighted by molar-refractivity contribution is 0.102. The Hall–Kier alpha value is -3.72. The number of anilines is 4. The van der Waals surface area contributed by atoms with Gasteiger partial charge in [0.15, 0.2) is 5.82 Å². The van der Waals surface area contributed by atoms with Crippen LogP contribution in [-0.2, 0) is 4.74 Å². The second-order valence-electron chi connectivity index (χ2n) is 6.87. The maximum absolute atomic E-state index is 12.4. The molecule has 1 saturated heterocycles. The minimum atomic E-state index is -0.236. The molecule has 0 aliphatic carbocycles. The van der Waals surface area contributed by atoms with Crippen LogP contribution in [0.2, 0.25) is 0 Å². The monoisotopic (exact) mass is 420 g/mol. The summed E-state index contributed by atoms with van der Waals surface area (Å²) in [6, 6.07) is 12.7. The van der Waals surface area contributed by atoms with Crippen LogP contribution in [0.5, 0.6) is 5.88 Å². The molecule has 1 aliphatic rings. The van der Waals surface area contributed by atoms with Crippen LogP contribution in [-0.4, -0.2) is 54.0 Å². The van der Waals surface area contributed by atoms with Crippen molar-refractivity contribution >= 4 is 28.8 Å². The van der Waals surface area contributed by atoms with Gasteiger partial charge >= 0.3 is 0 Å². The van der Waals surface area contributed by atoms with E-state index >= 15 is 0 Å². The molecule has 4 rings (SSSR count). The summed E-state index contributed by atoms with van der Waals surface area (Å²) in [5.74, 6) is 0.914. The van der Waals surface area contributed by atoms with Gasteiger partial charge in [0.2, 0.25) is 5.88 Å². The smallest absolute Gasteiger partial charge is 0.257 e. The number of carbonyl (C=O) groups excluding carboxylic acids is 1. The van der Waals surface area contributed by atoms with Crippen molar-refractivity contribution in [2.24, 2.45) is 0 Å². The molecule has 0 atom stereocenters. The lowest BCUT2D eigenvalue weighted by atomic mass is 10.2. The molecule has 1 amide bonds. The zero-order valence-electron chi connectivity index (χ0n) is 17.2. The molecule has 3 heterocycles. The van der Waals surface area contributed by atoms with Crippen molar-refractivity contribution in [3.05, 3.63) is 60.4 Å². The summed E-state index contributed by atoms with van der Waals surface area (Å²) in [6.45, 7) is 5.51. The summed E-state index contributed by atoms with van der Waals surface area (Å²) in [7, 11) is 0. The van der Waals surface area contributed by atoms with Gasteiger partial charge in [-0.15, -0.1) is 5.10 Å². The van der Waals surface area contributed by atoms with Gasteiger partial charge in [-0.3, -0.25) is 4.79 Å². The van der Waals surface area contributed by atoms with E-state index < -0.39 is 0 Å². The molecule has 2 aromatic heterocycles. The van der Waals surface area contributed by atoms with Crippen LogP contribution < -0.4 is 20.3 Å². The van der Waals surface area contributed by atoms with Crippen LogP contribution in [0.15, 0.2) is 54.9 Å². The highest BCUT2D eigenvalue weighted by atomic mass is 16.5. The molecule has 2 N–H and O–H groups in total. The summed E-state index contributed by atoms with van der Waals surface area (Å²) in [4.78, 5) is 18.7. The van der Waals surface area contributed by atoms with Crippen molar-refractivity contribution in [3.8, 4) is 5.88 Å². The Morgan fingerprint density at radius 1 is 1.10 bits per heavy atom. The molecule has 3 aromatic rings. The van der Waals surface area contributed by atoms with E-state index in [1.807, 2.05) is 37.3 Å². The van der Waals surface area contributed by atoms with Gasteiger partial charge in [0.25, 0.3) is 5.91 Å². The molecule has 1 aromatic carbocycles. The molecule has 0 unspecified atom stereocenters. The van der Waals surface area contributed by atoms with E-state index in [2.05, 4.69) is 30.7 Å². The molecular formula is C22H24N6O3. The molecular weight excluding hydrogens is 396 g/mol. The predicted molar refractivity (Wildman–Crippen MR) is 118 cm³/mol. The second kappa shape index (κ2) is 9.86. The van der Waals surface area contributed by atoms with E-state index in [0.29, 0.717) is 42.8 Å². The fourth-order valence-corrected chi connectivity index (χ4v) is 3.15. The number of morpholine rings is 1. The Balaban J connectivity index is 1.36. The third kappa shape index (κ3) is 5.46. The van der Waals surface area contributed by atoms with Gasteiger partial charge in [0, 0.05) is 42.8 Å². The second-order valence-corrected chi connectivity index (χ2v) is 6.87. The Morgan fingerprint density at radius 2 is 1.87 bits per heavy atom. The minimum Gasteiger partial charge on any atom is -0.478 e. The van der Waals surface area contributed by atoms with E-state index in [-0.39, 0.29) is 5.91 Å². The average molecular weight is 420 g/mol. The summed E-state index contributed by atoms with van der Waals surface area (Å²) < 4.78 is 10.7. The third-order valence-corrected chi connectivity index (χ3v) is 4.72. The molecule has 1 aliphatic heterocycles. The quantitative estimate of drug-likeness (QED) is 0.601. The zero-order chi connectivity index (χ0) is 21.5. The van der Waals surface area contributed by atoms with Gasteiger partial charge in [-0.05, 0) is 37.3 Å². The minimum absolute atomic E-state index is 0.236. The molecule has 0 spiro atoms. The summed E-state index contributed by atoms with van der Waals surface area (Å²) >= 11 is 0. The van der Waals surface area contributed by atoms with E-state index in [1.165, 1.54) is 6.20 Å². The topological polar surface area (TPSA) is 102 Å². The number of rotatable bonds is 7. The number of hydrogen-bond acceptors (Lipinski definition) is 8. The molecule has 0 bridgehead atoms. The summed E-state index contributed by atoms with van der Waals surface area (Å²) in [5.41, 5.74) is 2.99. The number of nitrogens with one attached hydrogen (secondary N) is 2. The van der Waals surface area contributed by atoms with Crippen LogP contribution in [0.3, 0.4) is 0 Å². The molecule has 0 saturated carbocycles. The van der Waals surface area contributed by atoms with E-state index in [4.69, 9.17) is 9.47 Å². The van der Waals surface area contributed by atoms with Gasteiger partial charge in [0.1, 0.15) is 0 Å². The van der Waals surface area contributed by atoms with E-state index in [1.54, 1.807) is 18.3 Å². The Labute approximate surface area is 180 Å². The summed E-state index contributed by atoms with van der Waals surface area (Å²) in [6.07, 6.45) is 3.25. The highest BCUT2D eigenvalue weighted by molar-refractivity contribution is 6.04. The first-order valence-electron chi connectivity index (χ1n) is 10.1. The van der Waals surface area contributed by atoms with E-state index in [9.17, 15) is 4.79 Å². The van der Waals surface area contributed by atoms with E-state index in [0.717, 1.165) is 24.5 Å². The highest BCUT2D eigenvalue weighted by Crippen LogP contribution is 2.22. The number of benzene rings is 1. The fourth-order valence-electron chi connectivity index (χ4n) is 3.15. The average Bonchev–Trinajstić information content (AvgIpc) is 2.82. The van der Waals surface area contributed by atoms with Gasteiger partial charge in [-0.1, -0.05) is 0 Å². The normalized spacial score (nSPS) is 13.5. The largest absolute Gasteiger partial charge is 0.478 e. The van der Waals surface area contributed by atoms with Crippen molar-refractivity contribution in [3.63, 3.8) is 0 Å². The van der Waals surface area contributed by atoms with Crippen molar-refractivity contribution in [2.45, 2.75) is 6.92 Å². The van der Waals surface area contributed by atoms with Crippen LogP contribution in [0, 0.1) is 0 Å². The predicted octanol–water partition coefficient (Wildman–Crippen LogP) is 3.10. The molecule has 1 fully saturated rings. The van der Waals surface area contributed by atoms with Crippen molar-refractivity contribution < 1.29 is 14.3 Å². The van der Waals surface area contributed by atoms with Crippen LogP contribution in [0.25, 0.3) is 0 Å². The summed E-state index contributed by atoms with van der Waals surface area (Å²) in [5, 5.41) is 14.4. The number of amides is 1. The van der Waals surface area contributed by atoms with Crippen molar-refractivity contribution in [2.75, 3.05) is 48.4 Å². The Kier molecular flexibility index (Phi) is 6.53. The van der Waals surface area contributed by atoms with Crippen LogP contribution >= 0.6 is 0 Å². The van der Waals surface area contributed by atoms with Crippen LogP contribution in [0.1, 0.15) is 17.3 Å². The van der Waals surface area contributed by atoms with Gasteiger partial charge in [-0.25, -0.2) is 4.98 Å². The maximum Gasteiger partial charge on any atom is 0.257 e. The molecule has 160 valence electrons. The van der Waals surface area contributed by atoms with Crippen LogP contribution in [0.4, 0.5) is 22.9 Å². The zero-order valence-corrected chi connectivity index (χ0v) is 17.2. The van der Waals surface area contributed by atoms with Crippen molar-refractivity contribution in [1.29, 1.82) is 0 Å². The lowest BCUT2D eigenvalue weighted by Gasteiger charge is -2.28. The Bertz CT molecular complexity index is 1000. The number of aromatic nitrogens is 3. The lowest BCUT2D eigenvalue weighted by Crippen LogP contribution is -2.36. The molecule has 0 radical (unpaired) electrons. The number of pyridine rings is 1. The first kappa shape index (κ1) is 20.5. The molecule has 9 heteroatoms. The van der Waals surface area contributed by atoms with Gasteiger partial charge < -0.3 is 25.0 Å². The maximum atomic E-state index is 12.4. The SMILES string of the molecule is CCOc1ccc(C(=O)Nc2ccc(Nc3cc(N4CCOCC4)cnn3)cc2)cn1.